The monoisotopic (exact) mass is 527 g/mol. The average molecular weight is 528 g/mol. The smallest absolute Gasteiger partial charge is 0.416 e. The molecule has 4 rings (SSSR count). The number of amides is 1. The van der Waals surface area contributed by atoms with Crippen molar-refractivity contribution in [1.29, 1.82) is 0 Å². The minimum Gasteiger partial charge on any atom is -0.447 e. The van der Waals surface area contributed by atoms with Gasteiger partial charge in [-0.2, -0.15) is 13.2 Å². The number of halogens is 4. The van der Waals surface area contributed by atoms with Crippen LogP contribution in [0.25, 0.3) is 0 Å². The predicted molar refractivity (Wildman–Crippen MR) is 135 cm³/mol. The van der Waals surface area contributed by atoms with Crippen LogP contribution in [0.4, 0.5) is 13.2 Å². The van der Waals surface area contributed by atoms with Gasteiger partial charge in [-0.15, -0.1) is 0 Å². The van der Waals surface area contributed by atoms with Crippen molar-refractivity contribution in [3.05, 3.63) is 124 Å². The quantitative estimate of drug-likeness (QED) is 0.239. The van der Waals surface area contributed by atoms with Crippen LogP contribution in [0.5, 0.6) is 0 Å². The van der Waals surface area contributed by atoms with Crippen LogP contribution in [0.2, 0.25) is 5.02 Å². The third kappa shape index (κ3) is 7.44. The number of carbonyl (C=O) groups is 1. The lowest BCUT2D eigenvalue weighted by atomic mass is 10.1. The first kappa shape index (κ1) is 26.4. The summed E-state index contributed by atoms with van der Waals surface area (Å²) in [4.78, 5) is 20.7. The second-order valence-corrected chi connectivity index (χ2v) is 9.18. The summed E-state index contributed by atoms with van der Waals surface area (Å²) in [6.07, 6.45) is -3.12. The van der Waals surface area contributed by atoms with E-state index in [0.717, 1.165) is 23.3 Å². The Morgan fingerprint density at radius 3 is 2.22 bits per heavy atom. The van der Waals surface area contributed by atoms with Crippen LogP contribution in [0, 0.1) is 0 Å². The highest BCUT2D eigenvalue weighted by Gasteiger charge is 2.30. The summed E-state index contributed by atoms with van der Waals surface area (Å²) in [6.45, 7) is 1.23. The van der Waals surface area contributed by atoms with Gasteiger partial charge >= 0.3 is 6.18 Å². The molecule has 0 unspecified atom stereocenters. The lowest BCUT2D eigenvalue weighted by Crippen LogP contribution is -2.26. The summed E-state index contributed by atoms with van der Waals surface area (Å²) < 4.78 is 45.3. The number of nitrogens with zero attached hydrogens (tertiary/aromatic N) is 3. The van der Waals surface area contributed by atoms with Crippen molar-refractivity contribution in [3.63, 3.8) is 0 Å². The summed E-state index contributed by atoms with van der Waals surface area (Å²) in [5.74, 6) is -0.00150. The zero-order valence-corrected chi connectivity index (χ0v) is 20.8. The van der Waals surface area contributed by atoms with Crippen molar-refractivity contribution in [2.24, 2.45) is 0 Å². The van der Waals surface area contributed by atoms with Crippen molar-refractivity contribution >= 4 is 17.5 Å². The fourth-order valence-corrected chi connectivity index (χ4v) is 4.04. The van der Waals surface area contributed by atoms with Gasteiger partial charge in [0.1, 0.15) is 6.26 Å². The van der Waals surface area contributed by atoms with Gasteiger partial charge in [0.05, 0.1) is 12.1 Å². The molecule has 1 amide bonds. The third-order valence-electron chi connectivity index (χ3n) is 5.72. The van der Waals surface area contributed by atoms with E-state index in [1.807, 2.05) is 47.4 Å². The van der Waals surface area contributed by atoms with Crippen LogP contribution >= 0.6 is 11.6 Å². The predicted octanol–water partition coefficient (Wildman–Crippen LogP) is 6.82. The standard InChI is InChI=1S/C28H25ClF3N3O2/c1-34(15-20-6-3-2-4-7-20)27(36)25-19-37-26(33-25)18-35(16-21-10-12-24(29)13-11-21)17-22-8-5-9-23(14-22)28(30,31)32/h2-14,19H,15-18H2,1H3. The van der Waals surface area contributed by atoms with Crippen LogP contribution in [0.15, 0.2) is 89.5 Å². The molecule has 5 nitrogen and oxygen atoms in total. The van der Waals surface area contributed by atoms with E-state index in [2.05, 4.69) is 4.98 Å². The summed E-state index contributed by atoms with van der Waals surface area (Å²) in [7, 11) is 1.68. The molecule has 0 saturated heterocycles. The van der Waals surface area contributed by atoms with Crippen LogP contribution in [0.3, 0.4) is 0 Å². The minimum atomic E-state index is -4.43. The first-order valence-electron chi connectivity index (χ1n) is 11.5. The van der Waals surface area contributed by atoms with E-state index < -0.39 is 11.7 Å². The van der Waals surface area contributed by atoms with Crippen molar-refractivity contribution in [2.45, 2.75) is 32.4 Å². The van der Waals surface area contributed by atoms with Crippen LogP contribution in [-0.2, 0) is 32.4 Å². The Hall–Kier alpha value is -3.62. The summed E-state index contributed by atoms with van der Waals surface area (Å²) >= 11 is 6.00. The fraction of sp³-hybridized carbons (Fsp3) is 0.214. The van der Waals surface area contributed by atoms with E-state index in [1.165, 1.54) is 12.3 Å². The molecule has 0 aliphatic heterocycles. The number of benzene rings is 3. The SMILES string of the molecule is CN(Cc1ccccc1)C(=O)c1coc(CN(Cc2ccc(Cl)cc2)Cc2cccc(C(F)(F)F)c2)n1. The van der Waals surface area contributed by atoms with Crippen LogP contribution in [-0.4, -0.2) is 27.7 Å². The lowest BCUT2D eigenvalue weighted by Gasteiger charge is -2.22. The van der Waals surface area contributed by atoms with Crippen molar-refractivity contribution < 1.29 is 22.4 Å². The molecule has 0 aliphatic carbocycles. The molecule has 0 bridgehead atoms. The van der Waals surface area contributed by atoms with Gasteiger partial charge in [0.2, 0.25) is 5.89 Å². The van der Waals surface area contributed by atoms with Gasteiger partial charge in [0, 0.05) is 31.7 Å². The Bertz CT molecular complexity index is 1320. The van der Waals surface area contributed by atoms with E-state index in [0.29, 0.717) is 23.7 Å². The van der Waals surface area contributed by atoms with E-state index >= 15 is 0 Å². The molecule has 1 heterocycles. The molecule has 0 N–H and O–H groups in total. The molecular weight excluding hydrogens is 503 g/mol. The third-order valence-corrected chi connectivity index (χ3v) is 5.97. The maximum Gasteiger partial charge on any atom is 0.416 e. The van der Waals surface area contributed by atoms with Crippen LogP contribution < -0.4 is 0 Å². The van der Waals surface area contributed by atoms with Crippen molar-refractivity contribution in [3.8, 4) is 0 Å². The van der Waals surface area contributed by atoms with Gasteiger partial charge in [-0.3, -0.25) is 9.69 Å². The largest absolute Gasteiger partial charge is 0.447 e. The molecule has 0 saturated carbocycles. The molecular formula is C28H25ClF3N3O2. The molecule has 9 heteroatoms. The van der Waals surface area contributed by atoms with E-state index in [-0.39, 0.29) is 30.6 Å². The number of rotatable bonds is 9. The summed E-state index contributed by atoms with van der Waals surface area (Å²) in [6, 6.07) is 22.0. The highest BCUT2D eigenvalue weighted by Crippen LogP contribution is 2.30. The second kappa shape index (κ2) is 11.6. The molecule has 4 aromatic rings. The average Bonchev–Trinajstić information content (AvgIpc) is 3.33. The first-order valence-corrected chi connectivity index (χ1v) is 11.9. The Labute approximate surface area is 218 Å². The molecule has 37 heavy (non-hydrogen) atoms. The normalized spacial score (nSPS) is 11.6. The number of alkyl halides is 3. The molecule has 192 valence electrons. The van der Waals surface area contributed by atoms with E-state index in [9.17, 15) is 18.0 Å². The fourth-order valence-electron chi connectivity index (χ4n) is 3.92. The maximum atomic E-state index is 13.2. The van der Waals surface area contributed by atoms with Gasteiger partial charge in [-0.25, -0.2) is 4.98 Å². The summed E-state index contributed by atoms with van der Waals surface area (Å²) in [5.41, 5.74) is 1.86. The number of aromatic nitrogens is 1. The highest BCUT2D eigenvalue weighted by molar-refractivity contribution is 6.30. The molecule has 1 aromatic heterocycles. The maximum absolute atomic E-state index is 13.2. The van der Waals surface area contributed by atoms with Crippen molar-refractivity contribution in [1.82, 2.24) is 14.8 Å². The number of hydrogen-bond acceptors (Lipinski definition) is 4. The Balaban J connectivity index is 1.50. The molecule has 0 fully saturated rings. The number of hydrogen-bond donors (Lipinski definition) is 0. The van der Waals surface area contributed by atoms with Gasteiger partial charge in [-0.1, -0.05) is 72.3 Å². The lowest BCUT2D eigenvalue weighted by molar-refractivity contribution is -0.137. The zero-order chi connectivity index (χ0) is 26.4. The Morgan fingerprint density at radius 1 is 0.865 bits per heavy atom. The topological polar surface area (TPSA) is 49.6 Å². The number of carbonyl (C=O) groups excluding carboxylic acids is 1. The highest BCUT2D eigenvalue weighted by atomic mass is 35.5. The molecule has 0 radical (unpaired) electrons. The van der Waals surface area contributed by atoms with Gasteiger partial charge < -0.3 is 9.32 Å². The molecule has 3 aromatic carbocycles. The first-order chi connectivity index (χ1) is 17.7. The number of oxazole rings is 1. The van der Waals surface area contributed by atoms with Gasteiger partial charge in [0.25, 0.3) is 5.91 Å². The molecule has 0 aliphatic rings. The summed E-state index contributed by atoms with van der Waals surface area (Å²) in [5, 5.41) is 0.587. The Kier molecular flexibility index (Phi) is 8.31. The van der Waals surface area contributed by atoms with Gasteiger partial charge in [0.15, 0.2) is 5.69 Å². The second-order valence-electron chi connectivity index (χ2n) is 8.74. The molecule has 0 spiro atoms. The van der Waals surface area contributed by atoms with E-state index in [4.69, 9.17) is 16.0 Å². The van der Waals surface area contributed by atoms with Crippen molar-refractivity contribution in [2.75, 3.05) is 7.05 Å². The minimum absolute atomic E-state index is 0.166. The van der Waals surface area contributed by atoms with E-state index in [1.54, 1.807) is 30.1 Å². The Morgan fingerprint density at radius 2 is 1.51 bits per heavy atom. The zero-order valence-electron chi connectivity index (χ0n) is 20.1. The van der Waals surface area contributed by atoms with Crippen LogP contribution in [0.1, 0.15) is 38.6 Å². The molecule has 0 atom stereocenters. The van der Waals surface area contributed by atoms with Gasteiger partial charge in [-0.05, 0) is 34.9 Å².